The lowest BCUT2D eigenvalue weighted by molar-refractivity contribution is 0.104. The van der Waals surface area contributed by atoms with Gasteiger partial charge in [-0.15, -0.1) is 0 Å². The maximum Gasteiger partial charge on any atom is 0.185 e. The highest BCUT2D eigenvalue weighted by atomic mass is 16.5. The molecule has 3 aromatic rings. The standard InChI is InChI=1S/C25H24O3/c1-18-8-7-9-19(2)25(18)28-17-22-16-20(13-15-24(22)27-3)12-14-23(26)21-10-5-4-6-11-21/h4-16H,17H2,1-3H3/b14-12+. The smallest absolute Gasteiger partial charge is 0.185 e. The summed E-state index contributed by atoms with van der Waals surface area (Å²) in [5, 5.41) is 0. The molecule has 28 heavy (non-hydrogen) atoms. The second kappa shape index (κ2) is 9.05. The molecule has 0 saturated carbocycles. The largest absolute Gasteiger partial charge is 0.496 e. The minimum atomic E-state index is -0.0234. The predicted molar refractivity (Wildman–Crippen MR) is 113 cm³/mol. The SMILES string of the molecule is COc1ccc(/C=C/C(=O)c2ccccc2)cc1COc1c(C)cccc1C. The lowest BCUT2D eigenvalue weighted by Crippen LogP contribution is -2.01. The Hall–Kier alpha value is -3.33. The first-order valence-electron chi connectivity index (χ1n) is 9.22. The fourth-order valence-electron chi connectivity index (χ4n) is 3.06. The van der Waals surface area contributed by atoms with E-state index in [1.807, 2.05) is 86.7 Å². The van der Waals surface area contributed by atoms with Crippen molar-refractivity contribution < 1.29 is 14.3 Å². The Morgan fingerprint density at radius 2 is 1.64 bits per heavy atom. The number of rotatable bonds is 7. The summed E-state index contributed by atoms with van der Waals surface area (Å²) in [6, 6.07) is 21.1. The summed E-state index contributed by atoms with van der Waals surface area (Å²) in [5.74, 6) is 1.63. The summed E-state index contributed by atoms with van der Waals surface area (Å²) >= 11 is 0. The van der Waals surface area contributed by atoms with Crippen molar-refractivity contribution in [2.75, 3.05) is 7.11 Å². The van der Waals surface area contributed by atoms with Crippen molar-refractivity contribution in [3.05, 3.63) is 101 Å². The van der Waals surface area contributed by atoms with Crippen LogP contribution in [0.5, 0.6) is 11.5 Å². The molecular weight excluding hydrogens is 348 g/mol. The first kappa shape index (κ1) is 19.4. The summed E-state index contributed by atoms with van der Waals surface area (Å²) in [6.07, 6.45) is 3.41. The van der Waals surface area contributed by atoms with Crippen LogP contribution in [0.2, 0.25) is 0 Å². The van der Waals surface area contributed by atoms with Crippen molar-refractivity contribution in [2.45, 2.75) is 20.5 Å². The van der Waals surface area contributed by atoms with Gasteiger partial charge in [-0.3, -0.25) is 4.79 Å². The average Bonchev–Trinajstić information content (AvgIpc) is 2.72. The highest BCUT2D eigenvalue weighted by Gasteiger charge is 2.08. The van der Waals surface area contributed by atoms with Gasteiger partial charge in [-0.05, 0) is 48.7 Å². The van der Waals surface area contributed by atoms with Crippen molar-refractivity contribution in [3.63, 3.8) is 0 Å². The Bertz CT molecular complexity index is 968. The molecule has 3 aromatic carbocycles. The Balaban J connectivity index is 1.78. The Morgan fingerprint density at radius 1 is 0.929 bits per heavy atom. The molecule has 0 fully saturated rings. The van der Waals surface area contributed by atoms with Gasteiger partial charge in [-0.1, -0.05) is 60.7 Å². The van der Waals surface area contributed by atoms with E-state index in [1.54, 1.807) is 13.2 Å². The van der Waals surface area contributed by atoms with Gasteiger partial charge < -0.3 is 9.47 Å². The highest BCUT2D eigenvalue weighted by molar-refractivity contribution is 6.06. The molecule has 0 radical (unpaired) electrons. The number of benzene rings is 3. The number of ether oxygens (including phenoxy) is 2. The zero-order valence-electron chi connectivity index (χ0n) is 16.4. The van der Waals surface area contributed by atoms with E-state index in [2.05, 4.69) is 0 Å². The van der Waals surface area contributed by atoms with E-state index < -0.39 is 0 Å². The molecule has 0 heterocycles. The Morgan fingerprint density at radius 3 is 2.32 bits per heavy atom. The second-order valence-corrected chi connectivity index (χ2v) is 6.64. The Labute approximate surface area is 166 Å². The summed E-state index contributed by atoms with van der Waals surface area (Å²) in [7, 11) is 1.65. The molecule has 0 aromatic heterocycles. The number of carbonyl (C=O) groups excluding carboxylic acids is 1. The van der Waals surface area contributed by atoms with Gasteiger partial charge in [0.1, 0.15) is 18.1 Å². The van der Waals surface area contributed by atoms with E-state index in [9.17, 15) is 4.79 Å². The van der Waals surface area contributed by atoms with Crippen LogP contribution in [0.25, 0.3) is 6.08 Å². The third-order valence-electron chi connectivity index (χ3n) is 4.57. The fraction of sp³-hybridized carbons (Fsp3) is 0.160. The lowest BCUT2D eigenvalue weighted by atomic mass is 10.1. The fourth-order valence-corrected chi connectivity index (χ4v) is 3.06. The Kier molecular flexibility index (Phi) is 6.28. The van der Waals surface area contributed by atoms with Crippen LogP contribution in [0.15, 0.2) is 72.8 Å². The molecule has 0 aliphatic rings. The quantitative estimate of drug-likeness (QED) is 0.389. The van der Waals surface area contributed by atoms with Gasteiger partial charge in [-0.25, -0.2) is 0 Å². The molecule has 142 valence electrons. The number of para-hydroxylation sites is 1. The molecule has 0 bridgehead atoms. The number of ketones is 1. The van der Waals surface area contributed by atoms with Gasteiger partial charge in [0.2, 0.25) is 0 Å². The molecular formula is C25H24O3. The average molecular weight is 372 g/mol. The second-order valence-electron chi connectivity index (χ2n) is 6.64. The van der Waals surface area contributed by atoms with Gasteiger partial charge in [0.05, 0.1) is 7.11 Å². The molecule has 0 spiro atoms. The number of carbonyl (C=O) groups is 1. The van der Waals surface area contributed by atoms with Crippen LogP contribution in [-0.4, -0.2) is 12.9 Å². The normalized spacial score (nSPS) is 10.8. The maximum atomic E-state index is 12.3. The first-order chi connectivity index (χ1) is 13.6. The molecule has 0 atom stereocenters. The zero-order valence-corrected chi connectivity index (χ0v) is 16.4. The summed E-state index contributed by atoms with van der Waals surface area (Å²) in [6.45, 7) is 4.46. The molecule has 0 saturated heterocycles. The molecule has 3 nitrogen and oxygen atoms in total. The van der Waals surface area contributed by atoms with Gasteiger partial charge in [0.15, 0.2) is 5.78 Å². The molecule has 0 unspecified atom stereocenters. The van der Waals surface area contributed by atoms with E-state index in [0.29, 0.717) is 12.2 Å². The van der Waals surface area contributed by atoms with Crippen molar-refractivity contribution >= 4 is 11.9 Å². The first-order valence-corrected chi connectivity index (χ1v) is 9.22. The van der Waals surface area contributed by atoms with Gasteiger partial charge in [0.25, 0.3) is 0 Å². The lowest BCUT2D eigenvalue weighted by Gasteiger charge is -2.14. The van der Waals surface area contributed by atoms with Gasteiger partial charge >= 0.3 is 0 Å². The monoisotopic (exact) mass is 372 g/mol. The summed E-state index contributed by atoms with van der Waals surface area (Å²) < 4.78 is 11.5. The van der Waals surface area contributed by atoms with Crippen LogP contribution in [0, 0.1) is 13.8 Å². The third-order valence-corrected chi connectivity index (χ3v) is 4.57. The molecule has 0 aliphatic carbocycles. The zero-order chi connectivity index (χ0) is 19.9. The molecule has 3 rings (SSSR count). The number of hydrogen-bond donors (Lipinski definition) is 0. The van der Waals surface area contributed by atoms with Crippen LogP contribution in [-0.2, 0) is 6.61 Å². The van der Waals surface area contributed by atoms with Crippen LogP contribution in [0.4, 0.5) is 0 Å². The number of methoxy groups -OCH3 is 1. The van der Waals surface area contributed by atoms with Crippen LogP contribution in [0.1, 0.15) is 32.6 Å². The molecule has 0 aliphatic heterocycles. The van der Waals surface area contributed by atoms with Crippen molar-refractivity contribution in [1.82, 2.24) is 0 Å². The minimum absolute atomic E-state index is 0.0234. The van der Waals surface area contributed by atoms with Crippen molar-refractivity contribution in [1.29, 1.82) is 0 Å². The van der Waals surface area contributed by atoms with Crippen LogP contribution >= 0.6 is 0 Å². The minimum Gasteiger partial charge on any atom is -0.496 e. The number of allylic oxidation sites excluding steroid dienone is 1. The number of hydrogen-bond acceptors (Lipinski definition) is 3. The number of aryl methyl sites for hydroxylation is 2. The molecule has 0 amide bonds. The van der Waals surface area contributed by atoms with Crippen LogP contribution in [0.3, 0.4) is 0 Å². The van der Waals surface area contributed by atoms with E-state index in [1.165, 1.54) is 0 Å². The predicted octanol–water partition coefficient (Wildman–Crippen LogP) is 5.79. The van der Waals surface area contributed by atoms with Crippen molar-refractivity contribution in [2.24, 2.45) is 0 Å². The van der Waals surface area contributed by atoms with E-state index in [4.69, 9.17) is 9.47 Å². The van der Waals surface area contributed by atoms with Crippen molar-refractivity contribution in [3.8, 4) is 11.5 Å². The maximum absolute atomic E-state index is 12.3. The summed E-state index contributed by atoms with van der Waals surface area (Å²) in [5.41, 5.74) is 4.72. The van der Waals surface area contributed by atoms with E-state index in [0.717, 1.165) is 33.8 Å². The topological polar surface area (TPSA) is 35.5 Å². The molecule has 3 heteroatoms. The summed E-state index contributed by atoms with van der Waals surface area (Å²) in [4.78, 5) is 12.3. The third kappa shape index (κ3) is 4.68. The van der Waals surface area contributed by atoms with Crippen LogP contribution < -0.4 is 9.47 Å². The van der Waals surface area contributed by atoms with E-state index in [-0.39, 0.29) is 5.78 Å². The van der Waals surface area contributed by atoms with Gasteiger partial charge in [0, 0.05) is 11.1 Å². The highest BCUT2D eigenvalue weighted by Crippen LogP contribution is 2.26. The van der Waals surface area contributed by atoms with E-state index >= 15 is 0 Å². The van der Waals surface area contributed by atoms with Gasteiger partial charge in [-0.2, -0.15) is 0 Å². The molecule has 0 N–H and O–H groups in total.